The van der Waals surface area contributed by atoms with Gasteiger partial charge in [0.05, 0.1) is 18.4 Å². The van der Waals surface area contributed by atoms with Gasteiger partial charge in [-0.15, -0.1) is 0 Å². The number of carbonyl (C=O) groups excluding carboxylic acids is 3. The molecular formula is C38H42O9. The highest BCUT2D eigenvalue weighted by atomic mass is 16.5. The molecule has 0 heterocycles. The van der Waals surface area contributed by atoms with E-state index in [9.17, 15) is 19.2 Å². The highest BCUT2D eigenvalue weighted by Gasteiger charge is 2.19. The van der Waals surface area contributed by atoms with Crippen LogP contribution in [0.1, 0.15) is 81.5 Å². The molecule has 0 saturated heterocycles. The van der Waals surface area contributed by atoms with E-state index in [1.54, 1.807) is 98.8 Å². The fraction of sp³-hybridized carbons (Fsp3) is 0.263. The van der Waals surface area contributed by atoms with Crippen LogP contribution in [0.2, 0.25) is 0 Å². The van der Waals surface area contributed by atoms with Gasteiger partial charge in [-0.2, -0.15) is 0 Å². The Bertz CT molecular complexity index is 1550. The summed E-state index contributed by atoms with van der Waals surface area (Å²) in [5.74, 6) is -2.51. The molecule has 0 aliphatic heterocycles. The molecule has 0 fully saturated rings. The number of aliphatic hydroxyl groups is 3. The smallest absolute Gasteiger partial charge is 0.313 e. The molecule has 0 amide bonds. The molecule has 0 aromatic heterocycles. The zero-order valence-corrected chi connectivity index (χ0v) is 26.6. The molecule has 0 spiro atoms. The number of aliphatic hydroxyl groups excluding tert-OH is 3. The van der Waals surface area contributed by atoms with E-state index in [1.165, 1.54) is 0 Å². The monoisotopic (exact) mass is 642 g/mol. The molecule has 47 heavy (non-hydrogen) atoms. The summed E-state index contributed by atoms with van der Waals surface area (Å²) in [6, 6.07) is 31.8. The molecule has 0 aliphatic carbocycles. The number of hydrogen-bond acceptors (Lipinski definition) is 8. The Labute approximate surface area is 275 Å². The first-order valence-electron chi connectivity index (χ1n) is 15.3. The topological polar surface area (TPSA) is 158 Å². The van der Waals surface area contributed by atoms with Crippen LogP contribution in [-0.2, 0) is 14.3 Å². The molecule has 0 aliphatic rings. The quantitative estimate of drug-likeness (QED) is 0.0850. The Morgan fingerprint density at radius 1 is 0.553 bits per heavy atom. The van der Waals surface area contributed by atoms with Crippen LogP contribution in [0.3, 0.4) is 0 Å². The highest BCUT2D eigenvalue weighted by Crippen LogP contribution is 2.21. The van der Waals surface area contributed by atoms with Crippen LogP contribution in [-0.4, -0.2) is 70.4 Å². The number of ketones is 2. The van der Waals surface area contributed by atoms with Gasteiger partial charge in [0.1, 0.15) is 0 Å². The van der Waals surface area contributed by atoms with Gasteiger partial charge in [0.25, 0.3) is 0 Å². The fourth-order valence-electron chi connectivity index (χ4n) is 4.12. The Balaban J connectivity index is 0.000000290. The molecular weight excluding hydrogens is 600 g/mol. The number of benzene rings is 4. The second kappa shape index (κ2) is 21.0. The first kappa shape index (κ1) is 38.2. The van der Waals surface area contributed by atoms with E-state index in [2.05, 4.69) is 0 Å². The molecule has 2 atom stereocenters. The molecule has 4 aromatic rings. The Morgan fingerprint density at radius 2 is 0.957 bits per heavy atom. The van der Waals surface area contributed by atoms with Gasteiger partial charge in [0, 0.05) is 48.5 Å². The predicted octanol–water partition coefficient (Wildman–Crippen LogP) is 5.41. The second-order valence-corrected chi connectivity index (χ2v) is 10.5. The highest BCUT2D eigenvalue weighted by molar-refractivity contribution is 6.09. The van der Waals surface area contributed by atoms with Crippen LogP contribution in [0.5, 0.6) is 0 Å². The molecule has 4 aromatic carbocycles. The van der Waals surface area contributed by atoms with Crippen molar-refractivity contribution in [1.82, 2.24) is 0 Å². The van der Waals surface area contributed by atoms with Gasteiger partial charge >= 0.3 is 11.9 Å². The Morgan fingerprint density at radius 3 is 1.34 bits per heavy atom. The van der Waals surface area contributed by atoms with Gasteiger partial charge < -0.3 is 25.2 Å². The number of carboxylic acid groups (broad SMARTS) is 1. The third-order valence-corrected chi connectivity index (χ3v) is 6.96. The summed E-state index contributed by atoms with van der Waals surface area (Å²) in [5.41, 5.74) is 3.64. The average Bonchev–Trinajstić information content (AvgIpc) is 3.12. The minimum atomic E-state index is -0.899. The third-order valence-electron chi connectivity index (χ3n) is 6.96. The van der Waals surface area contributed by atoms with Crippen molar-refractivity contribution < 1.29 is 44.3 Å². The fourth-order valence-corrected chi connectivity index (χ4v) is 4.12. The summed E-state index contributed by atoms with van der Waals surface area (Å²) < 4.78 is 5.10. The minimum Gasteiger partial charge on any atom is -0.481 e. The van der Waals surface area contributed by atoms with Crippen LogP contribution in [0, 0.1) is 0 Å². The molecule has 0 bridgehead atoms. The molecule has 2 unspecified atom stereocenters. The predicted molar refractivity (Wildman–Crippen MR) is 179 cm³/mol. The van der Waals surface area contributed by atoms with Crippen LogP contribution in [0.4, 0.5) is 0 Å². The van der Waals surface area contributed by atoms with Crippen molar-refractivity contribution in [3.8, 4) is 0 Å². The van der Waals surface area contributed by atoms with Crippen LogP contribution >= 0.6 is 0 Å². The summed E-state index contributed by atoms with van der Waals surface area (Å²) in [7, 11) is 0. The minimum absolute atomic E-state index is 0.0112. The standard InChI is InChI=1S/C19H20O4.C16H14O3.C3H8O2/c1-14(19(22)23-12-6-11-20)16-9-5-10-17(13-16)18(21)15-7-3-2-4-8-15;1-11(16(18)19)13-8-5-9-14(10-13)15(17)12-6-3-2-4-7-12;4-2-1-3-5/h2-5,7-10,13-14,20H,6,11-12H2,1H3;2-11H,1H3,(H,18,19);4-5H,1-3H2. The van der Waals surface area contributed by atoms with Gasteiger partial charge in [-0.3, -0.25) is 19.2 Å². The summed E-state index contributed by atoms with van der Waals surface area (Å²) in [6.45, 7) is 3.72. The maximum absolute atomic E-state index is 12.5. The number of esters is 1. The van der Waals surface area contributed by atoms with Gasteiger partial charge in [0.2, 0.25) is 0 Å². The van der Waals surface area contributed by atoms with Gasteiger partial charge in [-0.05, 0) is 43.5 Å². The van der Waals surface area contributed by atoms with Crippen molar-refractivity contribution in [2.45, 2.75) is 38.5 Å². The SMILES string of the molecule is CC(C(=O)O)c1cccc(C(=O)c2ccccc2)c1.CC(C(=O)OCCCO)c1cccc(C(=O)c2ccccc2)c1.OCCCO. The Hall–Kier alpha value is -4.96. The molecule has 4 rings (SSSR count). The van der Waals surface area contributed by atoms with Crippen molar-refractivity contribution in [3.05, 3.63) is 143 Å². The van der Waals surface area contributed by atoms with E-state index in [-0.39, 0.29) is 44.0 Å². The lowest BCUT2D eigenvalue weighted by Gasteiger charge is -2.12. The van der Waals surface area contributed by atoms with Crippen LogP contribution in [0.15, 0.2) is 109 Å². The largest absolute Gasteiger partial charge is 0.481 e. The van der Waals surface area contributed by atoms with E-state index >= 15 is 0 Å². The Kier molecular flexibility index (Phi) is 17.0. The molecule has 9 heteroatoms. The summed E-state index contributed by atoms with van der Waals surface area (Å²) in [6.07, 6.45) is 0.922. The van der Waals surface area contributed by atoms with E-state index in [0.717, 1.165) is 5.56 Å². The third kappa shape index (κ3) is 12.8. The first-order valence-corrected chi connectivity index (χ1v) is 15.3. The lowest BCUT2D eigenvalue weighted by Crippen LogP contribution is -2.15. The zero-order valence-electron chi connectivity index (χ0n) is 26.6. The van der Waals surface area contributed by atoms with Gasteiger partial charge in [-0.1, -0.05) is 97.1 Å². The maximum Gasteiger partial charge on any atom is 0.313 e. The summed E-state index contributed by atoms with van der Waals surface area (Å²) in [5, 5.41) is 33.5. The maximum atomic E-state index is 12.5. The van der Waals surface area contributed by atoms with E-state index in [4.69, 9.17) is 25.2 Å². The van der Waals surface area contributed by atoms with Gasteiger partial charge in [-0.25, -0.2) is 0 Å². The van der Waals surface area contributed by atoms with Gasteiger partial charge in [0.15, 0.2) is 11.6 Å². The second-order valence-electron chi connectivity index (χ2n) is 10.5. The van der Waals surface area contributed by atoms with Crippen molar-refractivity contribution in [3.63, 3.8) is 0 Å². The van der Waals surface area contributed by atoms with E-state index in [0.29, 0.717) is 40.7 Å². The molecule has 9 nitrogen and oxygen atoms in total. The van der Waals surface area contributed by atoms with Crippen molar-refractivity contribution in [2.24, 2.45) is 0 Å². The molecule has 0 saturated carbocycles. The van der Waals surface area contributed by atoms with Crippen molar-refractivity contribution in [2.75, 3.05) is 26.4 Å². The zero-order chi connectivity index (χ0) is 34.6. The molecule has 248 valence electrons. The van der Waals surface area contributed by atoms with Crippen LogP contribution in [0.25, 0.3) is 0 Å². The number of ether oxygens (including phenoxy) is 1. The molecule has 0 radical (unpaired) electrons. The van der Waals surface area contributed by atoms with E-state index < -0.39 is 17.8 Å². The van der Waals surface area contributed by atoms with Crippen molar-refractivity contribution in [1.29, 1.82) is 0 Å². The number of hydrogen-bond donors (Lipinski definition) is 4. The first-order chi connectivity index (χ1) is 22.6. The molecule has 4 N–H and O–H groups in total. The van der Waals surface area contributed by atoms with Crippen molar-refractivity contribution >= 4 is 23.5 Å². The number of carboxylic acids is 1. The summed E-state index contributed by atoms with van der Waals surface area (Å²) >= 11 is 0. The number of carbonyl (C=O) groups is 4. The van der Waals surface area contributed by atoms with Crippen LogP contribution < -0.4 is 0 Å². The average molecular weight is 643 g/mol. The lowest BCUT2D eigenvalue weighted by molar-refractivity contribution is -0.145. The summed E-state index contributed by atoms with van der Waals surface area (Å²) in [4.78, 5) is 47.6. The number of aliphatic carboxylic acids is 1. The lowest BCUT2D eigenvalue weighted by atomic mass is 9.96. The number of rotatable bonds is 13. The van der Waals surface area contributed by atoms with E-state index in [1.807, 2.05) is 24.3 Å². The normalized spacial score (nSPS) is 11.4.